The number of nitrogens with one attached hydrogen (secondary N) is 1. The molecule has 1 aromatic heterocycles. The number of likely N-dealkylation sites (tertiary alicyclic amines) is 2. The first-order valence-electron chi connectivity index (χ1n) is 11.4. The Morgan fingerprint density at radius 2 is 1.77 bits per heavy atom. The zero-order valence-corrected chi connectivity index (χ0v) is 17.6. The maximum Gasteiger partial charge on any atom is 0.270 e. The Morgan fingerprint density at radius 1 is 1.03 bits per heavy atom. The minimum atomic E-state index is -0.362. The van der Waals surface area contributed by atoms with Crippen LogP contribution >= 0.6 is 0 Å². The average Bonchev–Trinajstić information content (AvgIpc) is 2.75. The number of carbonyl (C=O) groups excluding carboxylic acids is 2. The Balaban J connectivity index is 1.25. The number of carbonyl (C=O) groups is 2. The van der Waals surface area contributed by atoms with E-state index in [4.69, 9.17) is 0 Å². The standard InChI is InChI=1S/C23H33N3O4/c27-18-3-2-12-26(16-18)21(29)15-17-6-8-23(9-7-17)10-13-25(14-11-23)22(30)19-4-1-5-20(28)24-19/h1,4-5,17-18,27H,2-3,6-16H2,(H,24,28). The quantitative estimate of drug-likeness (QED) is 0.791. The van der Waals surface area contributed by atoms with Crippen molar-refractivity contribution in [1.29, 1.82) is 0 Å². The van der Waals surface area contributed by atoms with Gasteiger partial charge in [0.15, 0.2) is 0 Å². The molecule has 3 heterocycles. The highest BCUT2D eigenvalue weighted by atomic mass is 16.3. The molecule has 30 heavy (non-hydrogen) atoms. The molecule has 164 valence electrons. The first-order valence-corrected chi connectivity index (χ1v) is 11.4. The molecule has 0 bridgehead atoms. The van der Waals surface area contributed by atoms with Crippen molar-refractivity contribution in [2.75, 3.05) is 26.2 Å². The minimum Gasteiger partial charge on any atom is -0.391 e. The largest absolute Gasteiger partial charge is 0.391 e. The van der Waals surface area contributed by atoms with Gasteiger partial charge in [0, 0.05) is 38.7 Å². The van der Waals surface area contributed by atoms with Crippen molar-refractivity contribution < 1.29 is 14.7 Å². The van der Waals surface area contributed by atoms with E-state index in [-0.39, 0.29) is 23.5 Å². The number of aromatic nitrogens is 1. The van der Waals surface area contributed by atoms with Gasteiger partial charge >= 0.3 is 0 Å². The van der Waals surface area contributed by atoms with Gasteiger partial charge in [0.25, 0.3) is 5.91 Å². The summed E-state index contributed by atoms with van der Waals surface area (Å²) in [5.41, 5.74) is 0.409. The van der Waals surface area contributed by atoms with Gasteiger partial charge in [-0.2, -0.15) is 0 Å². The zero-order chi connectivity index (χ0) is 21.1. The molecular weight excluding hydrogens is 382 g/mol. The third-order valence-corrected chi connectivity index (χ3v) is 7.49. The first kappa shape index (κ1) is 21.1. The fraction of sp³-hybridized carbons (Fsp3) is 0.696. The van der Waals surface area contributed by atoms with Crippen LogP contribution in [0.25, 0.3) is 0 Å². The number of hydrogen-bond acceptors (Lipinski definition) is 4. The van der Waals surface area contributed by atoms with E-state index < -0.39 is 0 Å². The van der Waals surface area contributed by atoms with Crippen LogP contribution in [-0.4, -0.2) is 64.0 Å². The molecule has 7 heteroatoms. The molecule has 3 aliphatic rings. The molecular formula is C23H33N3O4. The molecule has 2 N–H and O–H groups in total. The number of aliphatic hydroxyl groups is 1. The van der Waals surface area contributed by atoms with E-state index in [1.165, 1.54) is 6.07 Å². The first-order chi connectivity index (χ1) is 14.4. The van der Waals surface area contributed by atoms with Gasteiger partial charge in [-0.3, -0.25) is 14.4 Å². The van der Waals surface area contributed by atoms with Gasteiger partial charge in [-0.25, -0.2) is 0 Å². The van der Waals surface area contributed by atoms with Crippen LogP contribution in [-0.2, 0) is 4.79 Å². The molecule has 2 amide bonds. The summed E-state index contributed by atoms with van der Waals surface area (Å²) in [6, 6.07) is 4.70. The number of piperidine rings is 2. The molecule has 2 saturated heterocycles. The molecule has 1 aromatic rings. The topological polar surface area (TPSA) is 93.7 Å². The smallest absolute Gasteiger partial charge is 0.270 e. The lowest BCUT2D eigenvalue weighted by Gasteiger charge is -2.46. The molecule has 1 spiro atoms. The summed E-state index contributed by atoms with van der Waals surface area (Å²) in [7, 11) is 0. The van der Waals surface area contributed by atoms with Crippen LogP contribution < -0.4 is 5.56 Å². The zero-order valence-electron chi connectivity index (χ0n) is 17.6. The Bertz CT molecular complexity index is 818. The van der Waals surface area contributed by atoms with Crippen LogP contribution in [0.4, 0.5) is 0 Å². The Morgan fingerprint density at radius 3 is 2.43 bits per heavy atom. The molecule has 7 nitrogen and oxygen atoms in total. The van der Waals surface area contributed by atoms with E-state index >= 15 is 0 Å². The minimum absolute atomic E-state index is 0.0921. The number of pyridine rings is 1. The normalized spacial score (nSPS) is 24.8. The molecule has 1 saturated carbocycles. The van der Waals surface area contributed by atoms with E-state index in [0.29, 0.717) is 30.0 Å². The van der Waals surface area contributed by atoms with Gasteiger partial charge in [0.05, 0.1) is 6.10 Å². The molecule has 0 aromatic carbocycles. The summed E-state index contributed by atoms with van der Waals surface area (Å²) in [6.45, 7) is 2.73. The van der Waals surface area contributed by atoms with Gasteiger partial charge in [-0.1, -0.05) is 6.07 Å². The van der Waals surface area contributed by atoms with Gasteiger partial charge in [-0.15, -0.1) is 0 Å². The van der Waals surface area contributed by atoms with Crippen LogP contribution in [0.2, 0.25) is 0 Å². The fourth-order valence-corrected chi connectivity index (χ4v) is 5.48. The van der Waals surface area contributed by atoms with Crippen LogP contribution in [0.5, 0.6) is 0 Å². The maximum atomic E-state index is 12.7. The second-order valence-corrected chi connectivity index (χ2v) is 9.50. The van der Waals surface area contributed by atoms with Gasteiger partial charge in [0.1, 0.15) is 5.69 Å². The SMILES string of the molecule is O=C(CC1CCC2(CC1)CCN(C(=O)c1cccc(=O)[nH]1)CC2)N1CCCC(O)C1. The van der Waals surface area contributed by atoms with Crippen molar-refractivity contribution in [2.45, 2.75) is 63.9 Å². The number of hydrogen-bond donors (Lipinski definition) is 2. The number of aliphatic hydroxyl groups excluding tert-OH is 1. The molecule has 1 unspecified atom stereocenters. The number of aromatic amines is 1. The lowest BCUT2D eigenvalue weighted by molar-refractivity contribution is -0.135. The Hall–Kier alpha value is -2.15. The summed E-state index contributed by atoms with van der Waals surface area (Å²) in [4.78, 5) is 43.1. The van der Waals surface area contributed by atoms with E-state index in [2.05, 4.69) is 4.98 Å². The molecule has 2 aliphatic heterocycles. The molecule has 4 rings (SSSR count). The van der Waals surface area contributed by atoms with E-state index in [1.807, 2.05) is 9.80 Å². The van der Waals surface area contributed by atoms with E-state index in [0.717, 1.165) is 71.0 Å². The summed E-state index contributed by atoms with van der Waals surface area (Å²) in [5.74, 6) is 0.550. The highest BCUT2D eigenvalue weighted by molar-refractivity contribution is 5.92. The summed E-state index contributed by atoms with van der Waals surface area (Å²) in [5, 5.41) is 9.81. The lowest BCUT2D eigenvalue weighted by Crippen LogP contribution is -2.45. The maximum absolute atomic E-state index is 12.7. The predicted molar refractivity (Wildman–Crippen MR) is 113 cm³/mol. The third-order valence-electron chi connectivity index (χ3n) is 7.49. The monoisotopic (exact) mass is 415 g/mol. The fourth-order valence-electron chi connectivity index (χ4n) is 5.48. The van der Waals surface area contributed by atoms with Gasteiger partial charge < -0.3 is 19.9 Å². The van der Waals surface area contributed by atoms with Crippen molar-refractivity contribution in [3.05, 3.63) is 34.2 Å². The number of amides is 2. The van der Waals surface area contributed by atoms with E-state index in [9.17, 15) is 19.5 Å². The van der Waals surface area contributed by atoms with Crippen molar-refractivity contribution in [3.8, 4) is 0 Å². The van der Waals surface area contributed by atoms with Crippen molar-refractivity contribution in [1.82, 2.24) is 14.8 Å². The Kier molecular flexibility index (Phi) is 6.27. The predicted octanol–water partition coefficient (Wildman–Crippen LogP) is 2.16. The van der Waals surface area contributed by atoms with Gasteiger partial charge in [0.2, 0.25) is 11.5 Å². The molecule has 1 atom stereocenters. The van der Waals surface area contributed by atoms with Crippen LogP contribution in [0.15, 0.2) is 23.0 Å². The van der Waals surface area contributed by atoms with Crippen LogP contribution in [0, 0.1) is 11.3 Å². The number of nitrogens with zero attached hydrogens (tertiary/aromatic N) is 2. The van der Waals surface area contributed by atoms with Crippen LogP contribution in [0.3, 0.4) is 0 Å². The number of β-amino-alcohol motifs (C(OH)–C–C–N with tert-alkyl or cyclic N) is 1. The van der Waals surface area contributed by atoms with Crippen LogP contribution in [0.1, 0.15) is 68.3 Å². The summed E-state index contributed by atoms with van der Waals surface area (Å²) < 4.78 is 0. The average molecular weight is 416 g/mol. The second kappa shape index (κ2) is 8.92. The molecule has 0 radical (unpaired) electrons. The lowest BCUT2D eigenvalue weighted by atomic mass is 9.65. The highest BCUT2D eigenvalue weighted by Gasteiger charge is 2.39. The third kappa shape index (κ3) is 4.77. The Labute approximate surface area is 177 Å². The number of rotatable bonds is 3. The summed E-state index contributed by atoms with van der Waals surface area (Å²) >= 11 is 0. The highest BCUT2D eigenvalue weighted by Crippen LogP contribution is 2.47. The number of H-pyrrole nitrogens is 1. The molecule has 1 aliphatic carbocycles. The van der Waals surface area contributed by atoms with Crippen molar-refractivity contribution >= 4 is 11.8 Å². The summed E-state index contributed by atoms with van der Waals surface area (Å²) in [6.07, 6.45) is 8.32. The van der Waals surface area contributed by atoms with Crippen molar-refractivity contribution in [2.24, 2.45) is 11.3 Å². The van der Waals surface area contributed by atoms with E-state index in [1.54, 1.807) is 12.1 Å². The second-order valence-electron chi connectivity index (χ2n) is 9.50. The van der Waals surface area contributed by atoms with Crippen molar-refractivity contribution in [3.63, 3.8) is 0 Å². The molecule has 3 fully saturated rings. The van der Waals surface area contributed by atoms with Gasteiger partial charge in [-0.05, 0) is 68.8 Å².